The molecule has 30 heavy (non-hydrogen) atoms. The summed E-state index contributed by atoms with van der Waals surface area (Å²) in [6.45, 7) is 2.51. The lowest BCUT2D eigenvalue weighted by molar-refractivity contribution is -0.138. The fourth-order valence-corrected chi connectivity index (χ4v) is 3.64. The molecule has 1 N–H and O–H groups in total. The van der Waals surface area contributed by atoms with Gasteiger partial charge in [-0.1, -0.05) is 18.2 Å². The second kappa shape index (κ2) is 8.06. The molecule has 8 heteroatoms. The smallest absolute Gasteiger partial charge is 0.264 e. The molecule has 0 saturated carbocycles. The molecule has 0 radical (unpaired) electrons. The first-order valence-electron chi connectivity index (χ1n) is 9.72. The number of benzene rings is 2. The lowest BCUT2D eigenvalue weighted by Crippen LogP contribution is -2.41. The Kier molecular flexibility index (Phi) is 5.31. The minimum atomic E-state index is -0.570. The molecule has 3 aromatic rings. The third kappa shape index (κ3) is 3.56. The van der Waals surface area contributed by atoms with Gasteiger partial charge in [-0.15, -0.1) is 0 Å². The number of fused-ring (bicyclic) bond motifs is 2. The molecule has 0 bridgehead atoms. The predicted octanol–water partition coefficient (Wildman–Crippen LogP) is 2.29. The topological polar surface area (TPSA) is 93.8 Å². The zero-order chi connectivity index (χ0) is 21.3. The van der Waals surface area contributed by atoms with Crippen LogP contribution in [0, 0.1) is 0 Å². The van der Waals surface area contributed by atoms with Crippen LogP contribution in [0.15, 0.2) is 41.2 Å². The Morgan fingerprint density at radius 3 is 2.67 bits per heavy atom. The van der Waals surface area contributed by atoms with E-state index in [4.69, 9.17) is 14.2 Å². The average Bonchev–Trinajstić information content (AvgIpc) is 3.20. The van der Waals surface area contributed by atoms with Crippen molar-refractivity contribution < 1.29 is 19.0 Å². The van der Waals surface area contributed by atoms with Crippen molar-refractivity contribution in [2.45, 2.75) is 26.0 Å². The molecule has 2 heterocycles. The van der Waals surface area contributed by atoms with Crippen LogP contribution in [0.25, 0.3) is 10.9 Å². The molecule has 4 rings (SSSR count). The molecular weight excluding hydrogens is 386 g/mol. The van der Waals surface area contributed by atoms with Crippen LogP contribution >= 0.6 is 0 Å². The summed E-state index contributed by atoms with van der Waals surface area (Å²) in [4.78, 5) is 34.5. The number of likely N-dealkylation sites (N-methyl/N-ethyl adjacent to an activating group) is 1. The summed E-state index contributed by atoms with van der Waals surface area (Å²) in [6, 6.07) is 10.9. The Labute approximate surface area is 173 Å². The van der Waals surface area contributed by atoms with E-state index in [2.05, 4.69) is 9.97 Å². The highest BCUT2D eigenvalue weighted by Crippen LogP contribution is 2.31. The third-order valence-electron chi connectivity index (χ3n) is 5.22. The van der Waals surface area contributed by atoms with Gasteiger partial charge in [-0.25, -0.2) is 4.98 Å². The second-order valence-corrected chi connectivity index (χ2v) is 7.01. The van der Waals surface area contributed by atoms with Gasteiger partial charge in [0.2, 0.25) is 0 Å². The van der Waals surface area contributed by atoms with E-state index in [1.165, 1.54) is 14.2 Å². The predicted molar refractivity (Wildman–Crippen MR) is 111 cm³/mol. The van der Waals surface area contributed by atoms with Gasteiger partial charge in [0.05, 0.1) is 31.7 Å². The summed E-state index contributed by atoms with van der Waals surface area (Å²) in [5.41, 5.74) is 1.19. The number of amides is 1. The summed E-state index contributed by atoms with van der Waals surface area (Å²) in [6.07, 6.45) is -0.0386. The van der Waals surface area contributed by atoms with E-state index < -0.39 is 6.10 Å². The van der Waals surface area contributed by atoms with E-state index >= 15 is 0 Å². The Bertz CT molecular complexity index is 1130. The van der Waals surface area contributed by atoms with Crippen molar-refractivity contribution >= 4 is 16.8 Å². The maximum atomic E-state index is 13.0. The van der Waals surface area contributed by atoms with Crippen molar-refractivity contribution in [3.63, 3.8) is 0 Å². The van der Waals surface area contributed by atoms with Crippen molar-refractivity contribution in [2.24, 2.45) is 0 Å². The molecule has 2 aromatic carbocycles. The molecule has 1 aromatic heterocycles. The molecule has 1 aliphatic rings. The molecule has 0 spiro atoms. The Morgan fingerprint density at radius 1 is 1.23 bits per heavy atom. The lowest BCUT2D eigenvalue weighted by Gasteiger charge is -2.23. The van der Waals surface area contributed by atoms with Crippen LogP contribution in [0.3, 0.4) is 0 Å². The van der Waals surface area contributed by atoms with Gasteiger partial charge in [-0.3, -0.25) is 9.59 Å². The molecule has 0 fully saturated rings. The average molecular weight is 409 g/mol. The van der Waals surface area contributed by atoms with E-state index in [-0.39, 0.29) is 18.0 Å². The highest BCUT2D eigenvalue weighted by Gasteiger charge is 2.32. The molecule has 1 atom stereocenters. The van der Waals surface area contributed by atoms with Crippen LogP contribution in [-0.4, -0.2) is 47.6 Å². The van der Waals surface area contributed by atoms with Crippen LogP contribution in [0.2, 0.25) is 0 Å². The molecule has 156 valence electrons. The monoisotopic (exact) mass is 409 g/mol. The number of hydrogen-bond acceptors (Lipinski definition) is 6. The minimum absolute atomic E-state index is 0.135. The van der Waals surface area contributed by atoms with Crippen molar-refractivity contribution in [1.82, 2.24) is 14.9 Å². The number of nitrogens with one attached hydrogen (secondary N) is 1. The van der Waals surface area contributed by atoms with Gasteiger partial charge < -0.3 is 24.1 Å². The maximum absolute atomic E-state index is 13.0. The standard InChI is InChI=1S/C22H23N3O5/c1-4-25(22(27)19-9-13-7-5-6-8-16(13)30-19)12-20-23-15-11-18(29-3)17(28-2)10-14(15)21(26)24-20/h5-8,10-11,19H,4,9,12H2,1-3H3,(H,23,24,26)/t19-/m0/s1. The van der Waals surface area contributed by atoms with Gasteiger partial charge in [0.25, 0.3) is 11.5 Å². The van der Waals surface area contributed by atoms with Crippen molar-refractivity contribution in [3.05, 3.63) is 58.1 Å². The zero-order valence-corrected chi connectivity index (χ0v) is 17.1. The largest absolute Gasteiger partial charge is 0.493 e. The zero-order valence-electron chi connectivity index (χ0n) is 17.1. The van der Waals surface area contributed by atoms with Crippen LogP contribution in [-0.2, 0) is 17.8 Å². The quantitative estimate of drug-likeness (QED) is 0.671. The van der Waals surface area contributed by atoms with Gasteiger partial charge in [0.15, 0.2) is 17.6 Å². The number of carbonyl (C=O) groups is 1. The Morgan fingerprint density at radius 2 is 1.97 bits per heavy atom. The number of rotatable bonds is 6. The number of H-pyrrole nitrogens is 1. The number of ether oxygens (including phenoxy) is 3. The first-order valence-corrected chi connectivity index (χ1v) is 9.72. The number of aromatic amines is 1. The highest BCUT2D eigenvalue weighted by atomic mass is 16.5. The van der Waals surface area contributed by atoms with Gasteiger partial charge in [-0.2, -0.15) is 0 Å². The number of hydrogen-bond donors (Lipinski definition) is 1. The van der Waals surface area contributed by atoms with Gasteiger partial charge in [-0.05, 0) is 24.6 Å². The molecule has 0 saturated heterocycles. The van der Waals surface area contributed by atoms with Crippen molar-refractivity contribution in [1.29, 1.82) is 0 Å². The second-order valence-electron chi connectivity index (χ2n) is 7.01. The Balaban J connectivity index is 1.59. The summed E-state index contributed by atoms with van der Waals surface area (Å²) < 4.78 is 16.4. The summed E-state index contributed by atoms with van der Waals surface area (Å²) in [7, 11) is 3.03. The fourth-order valence-electron chi connectivity index (χ4n) is 3.64. The van der Waals surface area contributed by atoms with Gasteiger partial charge in [0.1, 0.15) is 11.6 Å². The first-order chi connectivity index (χ1) is 14.5. The Hall–Kier alpha value is -3.55. The highest BCUT2D eigenvalue weighted by molar-refractivity contribution is 5.83. The normalized spacial score (nSPS) is 14.8. The van der Waals surface area contributed by atoms with Crippen LogP contribution < -0.4 is 19.8 Å². The van der Waals surface area contributed by atoms with Gasteiger partial charge >= 0.3 is 0 Å². The SMILES string of the molecule is CCN(Cc1nc2cc(OC)c(OC)cc2c(=O)[nH]1)C(=O)[C@@H]1Cc2ccccc2O1. The molecule has 0 unspecified atom stereocenters. The fraction of sp³-hybridized carbons (Fsp3) is 0.318. The molecule has 0 aliphatic carbocycles. The lowest BCUT2D eigenvalue weighted by atomic mass is 10.1. The molecular formula is C22H23N3O5. The van der Waals surface area contributed by atoms with E-state index in [9.17, 15) is 9.59 Å². The van der Waals surface area contributed by atoms with E-state index in [0.29, 0.717) is 41.2 Å². The summed E-state index contributed by atoms with van der Waals surface area (Å²) in [5, 5.41) is 0.389. The molecule has 1 amide bonds. The minimum Gasteiger partial charge on any atom is -0.493 e. The van der Waals surface area contributed by atoms with Gasteiger partial charge in [0, 0.05) is 19.0 Å². The molecule has 1 aliphatic heterocycles. The summed E-state index contributed by atoms with van der Waals surface area (Å²) in [5.74, 6) is 1.93. The van der Waals surface area contributed by atoms with E-state index in [1.807, 2.05) is 31.2 Å². The summed E-state index contributed by atoms with van der Waals surface area (Å²) >= 11 is 0. The van der Waals surface area contributed by atoms with Crippen molar-refractivity contribution in [2.75, 3.05) is 20.8 Å². The first kappa shape index (κ1) is 19.8. The molecule has 8 nitrogen and oxygen atoms in total. The number of para-hydroxylation sites is 1. The van der Waals surface area contributed by atoms with Crippen LogP contribution in [0.1, 0.15) is 18.3 Å². The third-order valence-corrected chi connectivity index (χ3v) is 5.22. The van der Waals surface area contributed by atoms with E-state index in [0.717, 1.165) is 11.3 Å². The number of methoxy groups -OCH3 is 2. The maximum Gasteiger partial charge on any atom is 0.264 e. The van der Waals surface area contributed by atoms with E-state index in [1.54, 1.807) is 17.0 Å². The van der Waals surface area contributed by atoms with Crippen molar-refractivity contribution in [3.8, 4) is 17.2 Å². The number of nitrogens with zero attached hydrogens (tertiary/aromatic N) is 2. The van der Waals surface area contributed by atoms with Crippen LogP contribution in [0.4, 0.5) is 0 Å². The van der Waals surface area contributed by atoms with Crippen LogP contribution in [0.5, 0.6) is 17.2 Å². The number of carbonyl (C=O) groups excluding carboxylic acids is 1. The number of aromatic nitrogens is 2.